The molecule has 1 unspecified atom stereocenters. The van der Waals surface area contributed by atoms with E-state index in [1.54, 1.807) is 5.56 Å². The first-order valence-electron chi connectivity index (χ1n) is 8.47. The molecule has 0 radical (unpaired) electrons. The molecule has 0 aliphatic carbocycles. The molecular weight excluding hydrogens is 242 g/mol. The second-order valence-corrected chi connectivity index (χ2v) is 6.03. The van der Waals surface area contributed by atoms with Gasteiger partial charge in [-0.2, -0.15) is 0 Å². The van der Waals surface area contributed by atoms with Crippen LogP contribution in [0.5, 0.6) is 0 Å². The van der Waals surface area contributed by atoms with E-state index in [2.05, 4.69) is 51.2 Å². The zero-order valence-corrected chi connectivity index (χ0v) is 14.0. The summed E-state index contributed by atoms with van der Waals surface area (Å²) in [5.74, 6) is 0. The minimum atomic E-state index is 0.640. The summed E-state index contributed by atoms with van der Waals surface area (Å²) in [6, 6.07) is 7.29. The quantitative estimate of drug-likeness (QED) is 0.580. The van der Waals surface area contributed by atoms with Crippen molar-refractivity contribution in [2.45, 2.75) is 78.7 Å². The Kier molecular flexibility index (Phi) is 8.60. The molecule has 0 aliphatic rings. The van der Waals surface area contributed by atoms with Gasteiger partial charge in [0.2, 0.25) is 0 Å². The molecule has 1 N–H and O–H groups in total. The molecule has 0 saturated heterocycles. The van der Waals surface area contributed by atoms with Crippen molar-refractivity contribution in [3.8, 4) is 0 Å². The van der Waals surface area contributed by atoms with Crippen LogP contribution in [0.3, 0.4) is 0 Å². The smallest absolute Gasteiger partial charge is 0.0108 e. The van der Waals surface area contributed by atoms with Gasteiger partial charge in [0.25, 0.3) is 0 Å². The number of unbranched alkanes of at least 4 members (excludes halogenated alkanes) is 4. The molecule has 0 saturated carbocycles. The van der Waals surface area contributed by atoms with E-state index in [1.807, 2.05) is 0 Å². The average molecular weight is 275 g/mol. The van der Waals surface area contributed by atoms with Gasteiger partial charge in [0.1, 0.15) is 0 Å². The SMILES string of the molecule is CCCCCCCC(Cc1c(C)cccc1C)NCC. The normalized spacial score (nSPS) is 12.6. The fourth-order valence-corrected chi connectivity index (χ4v) is 2.98. The zero-order valence-electron chi connectivity index (χ0n) is 14.0. The van der Waals surface area contributed by atoms with Gasteiger partial charge in [-0.1, -0.05) is 64.2 Å². The maximum absolute atomic E-state index is 3.68. The first-order valence-corrected chi connectivity index (χ1v) is 8.47. The summed E-state index contributed by atoms with van der Waals surface area (Å²) < 4.78 is 0. The molecule has 20 heavy (non-hydrogen) atoms. The summed E-state index contributed by atoms with van der Waals surface area (Å²) in [5, 5.41) is 3.68. The number of likely N-dealkylation sites (N-methyl/N-ethyl adjacent to an activating group) is 1. The highest BCUT2D eigenvalue weighted by molar-refractivity contribution is 5.34. The third-order valence-electron chi connectivity index (χ3n) is 4.24. The van der Waals surface area contributed by atoms with E-state index in [0.29, 0.717) is 6.04 Å². The van der Waals surface area contributed by atoms with Crippen LogP contribution in [-0.2, 0) is 6.42 Å². The number of aryl methyl sites for hydroxylation is 2. The molecule has 0 heterocycles. The van der Waals surface area contributed by atoms with E-state index in [-0.39, 0.29) is 0 Å². The molecule has 1 aromatic rings. The summed E-state index contributed by atoms with van der Waals surface area (Å²) in [4.78, 5) is 0. The van der Waals surface area contributed by atoms with Crippen LogP contribution in [0.2, 0.25) is 0 Å². The van der Waals surface area contributed by atoms with Crippen LogP contribution < -0.4 is 5.32 Å². The Morgan fingerprint density at radius 3 is 2.20 bits per heavy atom. The predicted octanol–water partition coefficient (Wildman–Crippen LogP) is 5.18. The van der Waals surface area contributed by atoms with Gasteiger partial charge >= 0.3 is 0 Å². The Bertz CT molecular complexity index is 350. The first kappa shape index (κ1) is 17.2. The van der Waals surface area contributed by atoms with Gasteiger partial charge in [0.05, 0.1) is 0 Å². The molecule has 0 spiro atoms. The molecule has 0 aromatic heterocycles. The van der Waals surface area contributed by atoms with Gasteiger partial charge in [-0.3, -0.25) is 0 Å². The fourth-order valence-electron chi connectivity index (χ4n) is 2.98. The largest absolute Gasteiger partial charge is 0.314 e. The second-order valence-electron chi connectivity index (χ2n) is 6.03. The summed E-state index contributed by atoms with van der Waals surface area (Å²) in [6.07, 6.45) is 9.37. The molecule has 1 atom stereocenters. The van der Waals surface area contributed by atoms with Gasteiger partial charge < -0.3 is 5.32 Å². The van der Waals surface area contributed by atoms with Crippen molar-refractivity contribution < 1.29 is 0 Å². The van der Waals surface area contributed by atoms with Crippen LogP contribution in [0, 0.1) is 13.8 Å². The van der Waals surface area contributed by atoms with E-state index in [9.17, 15) is 0 Å². The molecule has 1 aromatic carbocycles. The van der Waals surface area contributed by atoms with Crippen molar-refractivity contribution in [2.24, 2.45) is 0 Å². The molecule has 1 heteroatoms. The molecule has 0 bridgehead atoms. The lowest BCUT2D eigenvalue weighted by Crippen LogP contribution is -2.31. The fraction of sp³-hybridized carbons (Fsp3) is 0.684. The van der Waals surface area contributed by atoms with Crippen molar-refractivity contribution in [1.82, 2.24) is 5.32 Å². The minimum Gasteiger partial charge on any atom is -0.314 e. The Balaban J connectivity index is 2.49. The van der Waals surface area contributed by atoms with Gasteiger partial charge in [-0.15, -0.1) is 0 Å². The summed E-state index contributed by atoms with van der Waals surface area (Å²) in [6.45, 7) is 10.1. The lowest BCUT2D eigenvalue weighted by molar-refractivity contribution is 0.460. The van der Waals surface area contributed by atoms with Crippen LogP contribution in [-0.4, -0.2) is 12.6 Å². The van der Waals surface area contributed by atoms with Gasteiger partial charge in [-0.25, -0.2) is 0 Å². The highest BCUT2D eigenvalue weighted by Crippen LogP contribution is 2.18. The number of rotatable bonds is 10. The Morgan fingerprint density at radius 2 is 1.60 bits per heavy atom. The Hall–Kier alpha value is -0.820. The maximum Gasteiger partial charge on any atom is 0.0108 e. The van der Waals surface area contributed by atoms with Crippen molar-refractivity contribution >= 4 is 0 Å². The topological polar surface area (TPSA) is 12.0 Å². The molecule has 1 rings (SSSR count). The van der Waals surface area contributed by atoms with E-state index in [0.717, 1.165) is 6.54 Å². The average Bonchev–Trinajstić information content (AvgIpc) is 2.42. The third kappa shape index (κ3) is 6.09. The van der Waals surface area contributed by atoms with Gasteiger partial charge in [-0.05, 0) is 49.9 Å². The van der Waals surface area contributed by atoms with Crippen LogP contribution in [0.25, 0.3) is 0 Å². The number of hydrogen-bond donors (Lipinski definition) is 1. The second kappa shape index (κ2) is 9.99. The number of benzene rings is 1. The standard InChI is InChI=1S/C19H33N/c1-5-7-8-9-10-14-18(20-6-2)15-19-16(3)12-11-13-17(19)4/h11-13,18,20H,5-10,14-15H2,1-4H3. The van der Waals surface area contributed by atoms with Gasteiger partial charge in [0, 0.05) is 6.04 Å². The van der Waals surface area contributed by atoms with E-state index < -0.39 is 0 Å². The highest BCUT2D eigenvalue weighted by atomic mass is 14.9. The summed E-state index contributed by atoms with van der Waals surface area (Å²) in [7, 11) is 0. The number of hydrogen-bond acceptors (Lipinski definition) is 1. The lowest BCUT2D eigenvalue weighted by Gasteiger charge is -2.20. The van der Waals surface area contributed by atoms with E-state index >= 15 is 0 Å². The Labute approximate surface area is 126 Å². The summed E-state index contributed by atoms with van der Waals surface area (Å²) >= 11 is 0. The van der Waals surface area contributed by atoms with Crippen LogP contribution in [0.4, 0.5) is 0 Å². The molecule has 1 nitrogen and oxygen atoms in total. The highest BCUT2D eigenvalue weighted by Gasteiger charge is 2.11. The molecule has 114 valence electrons. The molecule has 0 fully saturated rings. The van der Waals surface area contributed by atoms with E-state index in [4.69, 9.17) is 0 Å². The first-order chi connectivity index (χ1) is 9.69. The maximum atomic E-state index is 3.68. The van der Waals surface area contributed by atoms with E-state index in [1.165, 1.54) is 56.1 Å². The van der Waals surface area contributed by atoms with Crippen LogP contribution in [0.15, 0.2) is 18.2 Å². The van der Waals surface area contributed by atoms with Crippen molar-refractivity contribution in [3.05, 3.63) is 34.9 Å². The molecule has 0 amide bonds. The zero-order chi connectivity index (χ0) is 14.8. The van der Waals surface area contributed by atoms with Crippen molar-refractivity contribution in [2.75, 3.05) is 6.54 Å². The minimum absolute atomic E-state index is 0.640. The van der Waals surface area contributed by atoms with Crippen molar-refractivity contribution in [1.29, 1.82) is 0 Å². The van der Waals surface area contributed by atoms with Crippen LogP contribution >= 0.6 is 0 Å². The third-order valence-corrected chi connectivity index (χ3v) is 4.24. The number of nitrogens with one attached hydrogen (secondary N) is 1. The van der Waals surface area contributed by atoms with Gasteiger partial charge in [0.15, 0.2) is 0 Å². The predicted molar refractivity (Wildman–Crippen MR) is 90.5 cm³/mol. The van der Waals surface area contributed by atoms with Crippen molar-refractivity contribution in [3.63, 3.8) is 0 Å². The molecular formula is C19H33N. The monoisotopic (exact) mass is 275 g/mol. The summed E-state index contributed by atoms with van der Waals surface area (Å²) in [5.41, 5.74) is 4.43. The molecule has 0 aliphatic heterocycles. The Morgan fingerprint density at radius 1 is 0.950 bits per heavy atom. The van der Waals surface area contributed by atoms with Crippen LogP contribution in [0.1, 0.15) is 69.1 Å². The lowest BCUT2D eigenvalue weighted by atomic mass is 9.93.